The van der Waals surface area contributed by atoms with Gasteiger partial charge in [0, 0.05) is 6.42 Å². The number of carbonyl (C=O) groups excluding carboxylic acids is 1. The van der Waals surface area contributed by atoms with Crippen LogP contribution in [0.2, 0.25) is 0 Å². The highest BCUT2D eigenvalue weighted by Gasteiger charge is 2.15. The smallest absolute Gasteiger partial charge is 0.323 e. The lowest BCUT2D eigenvalue weighted by atomic mass is 10.1. The van der Waals surface area contributed by atoms with Crippen LogP contribution in [-0.4, -0.2) is 35.0 Å². The molecule has 1 amide bonds. The Morgan fingerprint density at radius 3 is 2.55 bits per heavy atom. The van der Waals surface area contributed by atoms with Crippen molar-refractivity contribution in [3.63, 3.8) is 0 Å². The molecule has 1 rings (SSSR count). The number of benzene rings is 1. The van der Waals surface area contributed by atoms with E-state index in [1.807, 2.05) is 0 Å². The van der Waals surface area contributed by atoms with Crippen molar-refractivity contribution in [1.29, 1.82) is 0 Å². The third-order valence-electron chi connectivity index (χ3n) is 2.57. The zero-order chi connectivity index (χ0) is 15.1. The first-order chi connectivity index (χ1) is 9.43. The Labute approximate surface area is 115 Å². The lowest BCUT2D eigenvalue weighted by Crippen LogP contribution is -2.36. The van der Waals surface area contributed by atoms with Crippen LogP contribution in [0.3, 0.4) is 0 Å². The first-order valence-corrected chi connectivity index (χ1v) is 5.81. The summed E-state index contributed by atoms with van der Waals surface area (Å²) < 4.78 is 25.7. The lowest BCUT2D eigenvalue weighted by Gasteiger charge is -2.17. The zero-order valence-corrected chi connectivity index (χ0v) is 10.6. The minimum atomic E-state index is -1.17. The van der Waals surface area contributed by atoms with Gasteiger partial charge in [-0.15, -0.1) is 6.42 Å². The second kappa shape index (κ2) is 7.24. The molecule has 0 aliphatic heterocycles. The predicted molar refractivity (Wildman–Crippen MR) is 67.7 cm³/mol. The number of nitrogens with zero attached hydrogens (tertiary/aromatic N) is 1. The van der Waals surface area contributed by atoms with E-state index in [9.17, 15) is 18.4 Å². The van der Waals surface area contributed by atoms with Crippen LogP contribution < -0.4 is 0 Å². The zero-order valence-electron chi connectivity index (χ0n) is 10.6. The molecule has 0 bridgehead atoms. The van der Waals surface area contributed by atoms with Crippen molar-refractivity contribution in [2.45, 2.75) is 12.8 Å². The third kappa shape index (κ3) is 4.69. The summed E-state index contributed by atoms with van der Waals surface area (Å²) in [5.74, 6) is -1.36. The van der Waals surface area contributed by atoms with E-state index < -0.39 is 30.1 Å². The van der Waals surface area contributed by atoms with E-state index >= 15 is 0 Å². The summed E-state index contributed by atoms with van der Waals surface area (Å²) in [4.78, 5) is 23.4. The molecule has 0 aliphatic rings. The number of rotatable bonds is 6. The van der Waals surface area contributed by atoms with Crippen LogP contribution >= 0.6 is 0 Å². The van der Waals surface area contributed by atoms with Crippen LogP contribution in [0.25, 0.3) is 0 Å². The molecule has 0 spiro atoms. The van der Waals surface area contributed by atoms with Gasteiger partial charge in [-0.1, -0.05) is 12.0 Å². The molecule has 20 heavy (non-hydrogen) atoms. The number of aliphatic carboxylic acids is 1. The summed E-state index contributed by atoms with van der Waals surface area (Å²) in [6, 6.07) is 3.35. The molecule has 6 heteroatoms. The Hall–Kier alpha value is -2.42. The second-order valence-electron chi connectivity index (χ2n) is 4.10. The van der Waals surface area contributed by atoms with Gasteiger partial charge < -0.3 is 10.0 Å². The van der Waals surface area contributed by atoms with Crippen LogP contribution in [-0.2, 0) is 16.0 Å². The molecule has 0 heterocycles. The highest BCUT2D eigenvalue weighted by atomic mass is 19.2. The Balaban J connectivity index is 2.62. The van der Waals surface area contributed by atoms with Gasteiger partial charge in [-0.25, -0.2) is 8.78 Å². The van der Waals surface area contributed by atoms with Crippen LogP contribution in [0.15, 0.2) is 18.2 Å². The Morgan fingerprint density at radius 1 is 1.30 bits per heavy atom. The normalized spacial score (nSPS) is 9.85. The maximum atomic E-state index is 13.0. The number of carboxylic acids is 1. The molecule has 0 fully saturated rings. The van der Waals surface area contributed by atoms with E-state index in [-0.39, 0.29) is 19.4 Å². The summed E-state index contributed by atoms with van der Waals surface area (Å²) in [6.45, 7) is -0.594. The standard InChI is InChI=1S/C14H13F2NO3/c1-2-7-17(9-14(19)20)13(18)6-4-10-3-5-11(15)12(16)8-10/h1,3,5,8H,4,6-7,9H2,(H,19,20). The number of hydrogen-bond acceptors (Lipinski definition) is 2. The molecule has 0 unspecified atom stereocenters. The molecular formula is C14H13F2NO3. The fourth-order valence-electron chi connectivity index (χ4n) is 1.61. The van der Waals surface area contributed by atoms with Crippen molar-refractivity contribution in [1.82, 2.24) is 4.90 Å². The van der Waals surface area contributed by atoms with Crippen LogP contribution in [0, 0.1) is 24.0 Å². The Kier molecular flexibility index (Phi) is 5.66. The van der Waals surface area contributed by atoms with E-state index in [4.69, 9.17) is 11.5 Å². The summed E-state index contributed by atoms with van der Waals surface area (Å²) in [5.41, 5.74) is 0.452. The second-order valence-corrected chi connectivity index (χ2v) is 4.10. The van der Waals surface area contributed by atoms with Crippen molar-refractivity contribution in [3.05, 3.63) is 35.4 Å². The van der Waals surface area contributed by atoms with Crippen molar-refractivity contribution >= 4 is 11.9 Å². The molecular weight excluding hydrogens is 268 g/mol. The van der Waals surface area contributed by atoms with Gasteiger partial charge in [0.05, 0.1) is 6.54 Å². The van der Waals surface area contributed by atoms with E-state index in [1.165, 1.54) is 6.07 Å². The molecule has 1 aromatic carbocycles. The van der Waals surface area contributed by atoms with Gasteiger partial charge in [-0.3, -0.25) is 9.59 Å². The van der Waals surface area contributed by atoms with E-state index in [0.717, 1.165) is 17.0 Å². The van der Waals surface area contributed by atoms with Crippen LogP contribution in [0.4, 0.5) is 8.78 Å². The molecule has 1 N–H and O–H groups in total. The maximum absolute atomic E-state index is 13.0. The molecule has 0 aliphatic carbocycles. The molecule has 0 aromatic heterocycles. The number of amides is 1. The molecule has 106 valence electrons. The SMILES string of the molecule is C#CCN(CC(=O)O)C(=O)CCc1ccc(F)c(F)c1. The van der Waals surface area contributed by atoms with Gasteiger partial charge in [0.2, 0.25) is 5.91 Å². The quantitative estimate of drug-likeness (QED) is 0.803. The van der Waals surface area contributed by atoms with Crippen molar-refractivity contribution < 1.29 is 23.5 Å². The predicted octanol–water partition coefficient (Wildman–Crippen LogP) is 1.44. The highest BCUT2D eigenvalue weighted by molar-refractivity contribution is 5.81. The van der Waals surface area contributed by atoms with Gasteiger partial charge in [-0.05, 0) is 24.1 Å². The Morgan fingerprint density at radius 2 is 2.00 bits per heavy atom. The lowest BCUT2D eigenvalue weighted by molar-refractivity contribution is -0.144. The van der Waals surface area contributed by atoms with E-state index in [0.29, 0.717) is 5.56 Å². The van der Waals surface area contributed by atoms with E-state index in [2.05, 4.69) is 5.92 Å². The molecule has 0 saturated heterocycles. The summed E-state index contributed by atoms with van der Waals surface area (Å²) >= 11 is 0. The molecule has 0 radical (unpaired) electrons. The topological polar surface area (TPSA) is 57.6 Å². The minimum absolute atomic E-state index is 0.0277. The van der Waals surface area contributed by atoms with Gasteiger partial charge in [0.25, 0.3) is 0 Å². The summed E-state index contributed by atoms with van der Waals surface area (Å²) in [7, 11) is 0. The molecule has 4 nitrogen and oxygen atoms in total. The number of terminal acetylenes is 1. The minimum Gasteiger partial charge on any atom is -0.480 e. The molecule has 0 saturated carbocycles. The fraction of sp³-hybridized carbons (Fsp3) is 0.286. The van der Waals surface area contributed by atoms with E-state index in [1.54, 1.807) is 0 Å². The molecule has 1 aromatic rings. The average Bonchev–Trinajstić information content (AvgIpc) is 2.39. The fourth-order valence-corrected chi connectivity index (χ4v) is 1.61. The van der Waals surface area contributed by atoms with Gasteiger partial charge in [0.1, 0.15) is 6.54 Å². The number of halogens is 2. The van der Waals surface area contributed by atoms with Crippen molar-refractivity contribution in [2.24, 2.45) is 0 Å². The van der Waals surface area contributed by atoms with Crippen LogP contribution in [0.5, 0.6) is 0 Å². The maximum Gasteiger partial charge on any atom is 0.323 e. The molecule has 0 atom stereocenters. The van der Waals surface area contributed by atoms with Gasteiger partial charge in [0.15, 0.2) is 11.6 Å². The summed E-state index contributed by atoms with van der Waals surface area (Å²) in [6.07, 6.45) is 5.21. The number of carbonyl (C=O) groups is 2. The van der Waals surface area contributed by atoms with Gasteiger partial charge >= 0.3 is 5.97 Å². The van der Waals surface area contributed by atoms with Crippen molar-refractivity contribution in [2.75, 3.05) is 13.1 Å². The summed E-state index contributed by atoms with van der Waals surface area (Å²) in [5, 5.41) is 8.66. The first-order valence-electron chi connectivity index (χ1n) is 5.81. The van der Waals surface area contributed by atoms with Crippen molar-refractivity contribution in [3.8, 4) is 12.3 Å². The monoisotopic (exact) mass is 281 g/mol. The first kappa shape index (κ1) is 15.6. The number of carboxylic acid groups (broad SMARTS) is 1. The Bertz CT molecular complexity index is 552. The number of aryl methyl sites for hydroxylation is 1. The van der Waals surface area contributed by atoms with Gasteiger partial charge in [-0.2, -0.15) is 0 Å². The number of hydrogen-bond donors (Lipinski definition) is 1. The third-order valence-corrected chi connectivity index (χ3v) is 2.57. The van der Waals surface area contributed by atoms with Crippen LogP contribution in [0.1, 0.15) is 12.0 Å². The highest BCUT2D eigenvalue weighted by Crippen LogP contribution is 2.11. The largest absolute Gasteiger partial charge is 0.480 e. The average molecular weight is 281 g/mol.